The van der Waals surface area contributed by atoms with E-state index in [4.69, 9.17) is 0 Å². The maximum Gasteiger partial charge on any atom is 0.229 e. The number of benzene rings is 1. The van der Waals surface area contributed by atoms with Gasteiger partial charge in [0.25, 0.3) is 0 Å². The monoisotopic (exact) mass is 340 g/mol. The minimum absolute atomic E-state index is 0.0138. The van der Waals surface area contributed by atoms with Crippen LogP contribution in [0.2, 0.25) is 0 Å². The average molecular weight is 340 g/mol. The third kappa shape index (κ3) is 3.73. The van der Waals surface area contributed by atoms with Crippen LogP contribution in [0.25, 0.3) is 0 Å². The molecule has 3 rings (SSSR count). The van der Waals surface area contributed by atoms with Crippen molar-refractivity contribution in [3.05, 3.63) is 42.1 Å². The molecule has 1 atom stereocenters. The quantitative estimate of drug-likeness (QED) is 0.887. The number of anilines is 3. The first kappa shape index (κ1) is 15.6. The van der Waals surface area contributed by atoms with Gasteiger partial charge in [-0.1, -0.05) is 6.07 Å². The summed E-state index contributed by atoms with van der Waals surface area (Å²) >= 11 is 0. The molecule has 1 aliphatic rings. The fraction of sp³-hybridized carbons (Fsp3) is 0.286. The van der Waals surface area contributed by atoms with E-state index >= 15 is 0 Å². The van der Waals surface area contributed by atoms with Crippen molar-refractivity contribution in [2.45, 2.75) is 12.5 Å². The van der Waals surface area contributed by atoms with Crippen molar-refractivity contribution in [1.82, 2.24) is 9.97 Å². The molecule has 1 aliphatic heterocycles. The first-order valence-electron chi connectivity index (χ1n) is 6.94. The highest BCUT2D eigenvalue weighted by Gasteiger charge is 2.27. The van der Waals surface area contributed by atoms with Gasteiger partial charge in [0, 0.05) is 12.2 Å². The molecule has 0 saturated carbocycles. The van der Waals surface area contributed by atoms with Crippen LogP contribution >= 0.6 is 0 Å². The summed E-state index contributed by atoms with van der Waals surface area (Å²) in [5, 5.41) is 5.49. The van der Waals surface area contributed by atoms with Gasteiger partial charge in [-0.25, -0.2) is 22.2 Å². The molecule has 1 fully saturated rings. The highest BCUT2D eigenvalue weighted by atomic mass is 32.2. The molecule has 0 radical (unpaired) electrons. The van der Waals surface area contributed by atoms with E-state index in [-0.39, 0.29) is 29.2 Å². The van der Waals surface area contributed by atoms with Gasteiger partial charge in [-0.3, -0.25) is 0 Å². The summed E-state index contributed by atoms with van der Waals surface area (Å²) in [6.07, 6.45) is 1.91. The van der Waals surface area contributed by atoms with Crippen LogP contribution in [-0.4, -0.2) is 35.9 Å². The van der Waals surface area contributed by atoms with Crippen LogP contribution in [0.5, 0.6) is 0 Å². The molecular formula is C14H14F2N4O2S. The van der Waals surface area contributed by atoms with E-state index in [1.54, 1.807) is 6.07 Å². The molecule has 9 heteroatoms. The summed E-state index contributed by atoms with van der Waals surface area (Å²) in [7, 11) is -3.01. The Balaban J connectivity index is 1.75. The van der Waals surface area contributed by atoms with Gasteiger partial charge in [-0.05, 0) is 24.6 Å². The minimum Gasteiger partial charge on any atom is -0.366 e. The van der Waals surface area contributed by atoms with Crippen LogP contribution in [0.3, 0.4) is 0 Å². The molecule has 0 spiro atoms. The Labute approximate surface area is 131 Å². The van der Waals surface area contributed by atoms with Gasteiger partial charge in [-0.2, -0.15) is 4.98 Å². The molecule has 1 aromatic heterocycles. The Morgan fingerprint density at radius 2 is 1.91 bits per heavy atom. The SMILES string of the molecule is O=S1(=O)CCC(Nc2ccnc(Nc3c(F)cccc3F)n2)C1. The molecule has 122 valence electrons. The number of aromatic nitrogens is 2. The van der Waals surface area contributed by atoms with Crippen LogP contribution in [0.15, 0.2) is 30.5 Å². The van der Waals surface area contributed by atoms with Crippen LogP contribution in [0, 0.1) is 11.6 Å². The molecular weight excluding hydrogens is 326 g/mol. The van der Waals surface area contributed by atoms with Crippen LogP contribution in [-0.2, 0) is 9.84 Å². The molecule has 1 aromatic carbocycles. The highest BCUT2D eigenvalue weighted by Crippen LogP contribution is 2.22. The lowest BCUT2D eigenvalue weighted by Crippen LogP contribution is -2.21. The predicted octanol–water partition coefficient (Wildman–Crippen LogP) is 2.10. The zero-order chi connectivity index (χ0) is 16.4. The van der Waals surface area contributed by atoms with E-state index in [1.165, 1.54) is 12.3 Å². The van der Waals surface area contributed by atoms with Gasteiger partial charge in [-0.15, -0.1) is 0 Å². The number of hydrogen-bond acceptors (Lipinski definition) is 6. The lowest BCUT2D eigenvalue weighted by molar-refractivity contribution is 0.590. The largest absolute Gasteiger partial charge is 0.366 e. The number of para-hydroxylation sites is 1. The van der Waals surface area contributed by atoms with E-state index in [0.29, 0.717) is 12.2 Å². The normalized spacial score (nSPS) is 19.5. The van der Waals surface area contributed by atoms with Gasteiger partial charge in [0.05, 0.1) is 11.5 Å². The number of nitrogens with zero attached hydrogens (tertiary/aromatic N) is 2. The van der Waals surface area contributed by atoms with Crippen molar-refractivity contribution < 1.29 is 17.2 Å². The molecule has 1 unspecified atom stereocenters. The Morgan fingerprint density at radius 1 is 1.17 bits per heavy atom. The standard InChI is InChI=1S/C14H14F2N4O2S/c15-10-2-1-3-11(16)13(10)20-14-17-6-4-12(19-14)18-9-5-7-23(21,22)8-9/h1-4,6,9H,5,7-8H2,(H2,17,18,19,20). The Bertz CT molecular complexity index is 809. The lowest BCUT2D eigenvalue weighted by Gasteiger charge is -2.12. The molecule has 2 N–H and O–H groups in total. The smallest absolute Gasteiger partial charge is 0.229 e. The van der Waals surface area contributed by atoms with Gasteiger partial charge < -0.3 is 10.6 Å². The lowest BCUT2D eigenvalue weighted by atomic mass is 10.2. The van der Waals surface area contributed by atoms with Crippen LogP contribution < -0.4 is 10.6 Å². The van der Waals surface area contributed by atoms with E-state index in [1.807, 2.05) is 0 Å². The van der Waals surface area contributed by atoms with Gasteiger partial charge >= 0.3 is 0 Å². The number of nitrogens with one attached hydrogen (secondary N) is 2. The van der Waals surface area contributed by atoms with Gasteiger partial charge in [0.2, 0.25) is 5.95 Å². The van der Waals surface area contributed by atoms with Gasteiger partial charge in [0.1, 0.15) is 23.1 Å². The second-order valence-electron chi connectivity index (χ2n) is 5.23. The molecule has 23 heavy (non-hydrogen) atoms. The second-order valence-corrected chi connectivity index (χ2v) is 7.46. The summed E-state index contributed by atoms with van der Waals surface area (Å²) in [5.41, 5.74) is -0.340. The van der Waals surface area contributed by atoms with E-state index in [2.05, 4.69) is 20.6 Å². The summed E-state index contributed by atoms with van der Waals surface area (Å²) in [6, 6.07) is 4.84. The van der Waals surface area contributed by atoms with Crippen molar-refractivity contribution in [2.75, 3.05) is 22.1 Å². The zero-order valence-corrected chi connectivity index (χ0v) is 12.8. The molecule has 0 aliphatic carbocycles. The van der Waals surface area contributed by atoms with Crippen molar-refractivity contribution >= 4 is 27.3 Å². The Hall–Kier alpha value is -2.29. The van der Waals surface area contributed by atoms with E-state index < -0.39 is 21.5 Å². The molecule has 6 nitrogen and oxygen atoms in total. The average Bonchev–Trinajstić information content (AvgIpc) is 2.82. The second kappa shape index (κ2) is 6.07. The number of rotatable bonds is 4. The summed E-state index contributed by atoms with van der Waals surface area (Å²) in [4.78, 5) is 8.01. The van der Waals surface area contributed by atoms with Crippen molar-refractivity contribution in [1.29, 1.82) is 0 Å². The molecule has 2 heterocycles. The third-order valence-corrected chi connectivity index (χ3v) is 5.21. The summed E-state index contributed by atoms with van der Waals surface area (Å²) in [5.74, 6) is -0.924. The fourth-order valence-electron chi connectivity index (χ4n) is 2.35. The van der Waals surface area contributed by atoms with Crippen LogP contribution in [0.1, 0.15) is 6.42 Å². The maximum absolute atomic E-state index is 13.6. The Kier molecular flexibility index (Phi) is 4.12. The number of hydrogen-bond donors (Lipinski definition) is 2. The minimum atomic E-state index is -3.01. The molecule has 1 saturated heterocycles. The zero-order valence-electron chi connectivity index (χ0n) is 12.0. The highest BCUT2D eigenvalue weighted by molar-refractivity contribution is 7.91. The number of halogens is 2. The predicted molar refractivity (Wildman–Crippen MR) is 82.4 cm³/mol. The van der Waals surface area contributed by atoms with E-state index in [9.17, 15) is 17.2 Å². The van der Waals surface area contributed by atoms with Crippen molar-refractivity contribution in [2.24, 2.45) is 0 Å². The van der Waals surface area contributed by atoms with Gasteiger partial charge in [0.15, 0.2) is 9.84 Å². The van der Waals surface area contributed by atoms with Crippen molar-refractivity contribution in [3.8, 4) is 0 Å². The fourth-order valence-corrected chi connectivity index (χ4v) is 4.02. The number of sulfone groups is 1. The summed E-state index contributed by atoms with van der Waals surface area (Å²) in [6.45, 7) is 0. The first-order chi connectivity index (χ1) is 10.9. The molecule has 0 bridgehead atoms. The first-order valence-corrected chi connectivity index (χ1v) is 8.76. The molecule has 0 amide bonds. The summed E-state index contributed by atoms with van der Waals surface area (Å²) < 4.78 is 50.1. The van der Waals surface area contributed by atoms with Crippen molar-refractivity contribution in [3.63, 3.8) is 0 Å². The van der Waals surface area contributed by atoms with Crippen LogP contribution in [0.4, 0.5) is 26.2 Å². The third-order valence-electron chi connectivity index (χ3n) is 3.44. The van der Waals surface area contributed by atoms with E-state index in [0.717, 1.165) is 12.1 Å². The Morgan fingerprint density at radius 3 is 2.57 bits per heavy atom. The molecule has 2 aromatic rings. The topological polar surface area (TPSA) is 84.0 Å². The maximum atomic E-state index is 13.6.